The molecule has 0 atom stereocenters. The summed E-state index contributed by atoms with van der Waals surface area (Å²) >= 11 is 0. The molecule has 0 bridgehead atoms. The summed E-state index contributed by atoms with van der Waals surface area (Å²) in [4.78, 5) is -0.738. The maximum absolute atomic E-state index is 12.4. The number of anilines is 1. The number of phenols is 1. The molecule has 18 nitrogen and oxygen atoms in total. The summed E-state index contributed by atoms with van der Waals surface area (Å²) in [6.07, 6.45) is 0. The van der Waals surface area contributed by atoms with E-state index in [9.17, 15) is 47.9 Å². The number of sulfone groups is 1. The van der Waals surface area contributed by atoms with Gasteiger partial charge in [-0.2, -0.15) is 30.4 Å². The molecule has 0 fully saturated rings. The minimum absolute atomic E-state index is 0.0135. The van der Waals surface area contributed by atoms with Gasteiger partial charge in [0.05, 0.1) is 28.6 Å². The summed E-state index contributed by atoms with van der Waals surface area (Å²) in [5, 5.41) is 30.3. The van der Waals surface area contributed by atoms with E-state index in [1.54, 1.807) is 13.8 Å². The fraction of sp³-hybridized carbons (Fsp3) is 0.185. The summed E-state index contributed by atoms with van der Waals surface area (Å²) in [6.45, 7) is 2.39. The Labute approximate surface area is 280 Å². The first kappa shape index (κ1) is 37.4. The van der Waals surface area contributed by atoms with E-state index in [0.29, 0.717) is 11.1 Å². The van der Waals surface area contributed by atoms with Gasteiger partial charge in [0.25, 0.3) is 20.2 Å². The van der Waals surface area contributed by atoms with E-state index in [0.717, 1.165) is 6.07 Å². The number of nitrogens with one attached hydrogen (secondary N) is 1. The highest BCUT2D eigenvalue weighted by Gasteiger charge is 2.20. The largest absolute Gasteiger partial charge is 0.505 e. The molecule has 0 aliphatic heterocycles. The van der Waals surface area contributed by atoms with Gasteiger partial charge in [-0.3, -0.25) is 13.7 Å². The van der Waals surface area contributed by atoms with Crippen LogP contribution in [0, 0.1) is 13.8 Å². The predicted octanol–water partition coefficient (Wildman–Crippen LogP) is 5.09. The smallest absolute Gasteiger partial charge is 0.397 e. The summed E-state index contributed by atoms with van der Waals surface area (Å²) in [5.41, 5.74) is 0.752. The quantitative estimate of drug-likeness (QED) is 0.0877. The number of fused-ring (bicyclic) bond motifs is 1. The fourth-order valence-corrected chi connectivity index (χ4v) is 6.76. The van der Waals surface area contributed by atoms with Crippen LogP contribution < -0.4 is 5.32 Å². The van der Waals surface area contributed by atoms with Gasteiger partial charge in [0.15, 0.2) is 15.6 Å². The molecule has 0 saturated heterocycles. The lowest BCUT2D eigenvalue weighted by molar-refractivity contribution is 0.284. The third-order valence-corrected chi connectivity index (χ3v) is 10.1. The van der Waals surface area contributed by atoms with Crippen LogP contribution in [0.1, 0.15) is 11.1 Å². The van der Waals surface area contributed by atoms with Crippen molar-refractivity contribution in [1.29, 1.82) is 0 Å². The van der Waals surface area contributed by atoms with E-state index in [2.05, 4.69) is 30.0 Å². The molecule has 0 radical (unpaired) electrons. The number of hydrogen-bond donors (Lipinski definition) is 5. The van der Waals surface area contributed by atoms with E-state index < -0.39 is 69.4 Å². The van der Waals surface area contributed by atoms with E-state index in [4.69, 9.17) is 4.55 Å². The fourth-order valence-electron chi connectivity index (χ4n) is 4.33. The Morgan fingerprint density at radius 3 is 2.00 bits per heavy atom. The molecule has 0 unspecified atom stereocenters. The normalized spacial score (nSPS) is 13.1. The van der Waals surface area contributed by atoms with Crippen LogP contribution in [0.4, 0.5) is 28.4 Å². The number of rotatable bonds is 13. The van der Waals surface area contributed by atoms with E-state index in [1.807, 2.05) is 0 Å². The molecule has 0 amide bonds. The molecule has 0 aromatic heterocycles. The maximum Gasteiger partial charge on any atom is 0.397 e. The van der Waals surface area contributed by atoms with Gasteiger partial charge in [0.1, 0.15) is 27.8 Å². The lowest BCUT2D eigenvalue weighted by Crippen LogP contribution is -2.15. The summed E-state index contributed by atoms with van der Waals surface area (Å²) < 4.78 is 125. The van der Waals surface area contributed by atoms with E-state index in [1.165, 1.54) is 54.6 Å². The van der Waals surface area contributed by atoms with Crippen molar-refractivity contribution in [3.05, 3.63) is 71.8 Å². The number of nitrogens with zero attached hydrogens (tertiary/aromatic N) is 4. The molecule has 262 valence electrons. The van der Waals surface area contributed by atoms with Crippen LogP contribution in [0.25, 0.3) is 10.8 Å². The first-order valence-electron chi connectivity index (χ1n) is 13.5. The number of aryl methyl sites for hydroxylation is 2. The Kier molecular flexibility index (Phi) is 10.8. The number of benzene rings is 4. The van der Waals surface area contributed by atoms with Gasteiger partial charge in [-0.1, -0.05) is 6.07 Å². The molecule has 0 saturated carbocycles. The minimum Gasteiger partial charge on any atom is -0.505 e. The number of azo groups is 2. The van der Waals surface area contributed by atoms with Gasteiger partial charge in [-0.05, 0) is 79.6 Å². The van der Waals surface area contributed by atoms with Gasteiger partial charge in [0.2, 0.25) is 0 Å². The average Bonchev–Trinajstić information content (AvgIpc) is 2.97. The van der Waals surface area contributed by atoms with Gasteiger partial charge >= 0.3 is 10.4 Å². The second kappa shape index (κ2) is 14.2. The summed E-state index contributed by atoms with van der Waals surface area (Å²) in [7, 11) is -18.0. The van der Waals surface area contributed by atoms with Crippen LogP contribution in [-0.2, 0) is 44.7 Å². The lowest BCUT2D eigenvalue weighted by atomic mass is 10.0. The third-order valence-electron chi connectivity index (χ3n) is 6.57. The van der Waals surface area contributed by atoms with Crippen LogP contribution in [0.3, 0.4) is 0 Å². The molecule has 4 aromatic carbocycles. The second-order valence-corrected chi connectivity index (χ2v) is 16.3. The Balaban J connectivity index is 1.74. The SMILES string of the molecule is Cc1ccc(S(=O)(=O)O)c(N=Nc2c(NCS(=O)(=O)O)ccc3c(O)c(N=Nc4ccc(S(=O)(=O)CCOS(=O)(=O)O)cc4)c(C)cc23)c1. The average molecular weight is 758 g/mol. The summed E-state index contributed by atoms with van der Waals surface area (Å²) in [6, 6.07) is 13.1. The second-order valence-electron chi connectivity index (χ2n) is 10.3. The molecule has 0 aliphatic rings. The van der Waals surface area contributed by atoms with Crippen molar-refractivity contribution in [2.75, 3.05) is 23.6 Å². The first-order valence-corrected chi connectivity index (χ1v) is 19.6. The topological polar surface area (TPSA) is 288 Å². The van der Waals surface area contributed by atoms with Gasteiger partial charge < -0.3 is 10.4 Å². The van der Waals surface area contributed by atoms with Crippen molar-refractivity contribution in [3.63, 3.8) is 0 Å². The summed E-state index contributed by atoms with van der Waals surface area (Å²) in [5.74, 6) is -2.07. The van der Waals surface area contributed by atoms with E-state index >= 15 is 0 Å². The zero-order valence-corrected chi connectivity index (χ0v) is 28.5. The van der Waals surface area contributed by atoms with Crippen molar-refractivity contribution in [1.82, 2.24) is 0 Å². The molecule has 4 rings (SSSR count). The van der Waals surface area contributed by atoms with Crippen LogP contribution in [0.15, 0.2) is 90.9 Å². The Bertz CT molecular complexity index is 2430. The Hall–Kier alpha value is -4.42. The van der Waals surface area contributed by atoms with Crippen molar-refractivity contribution in [2.24, 2.45) is 20.5 Å². The highest BCUT2D eigenvalue weighted by atomic mass is 32.3. The number of hydrogen-bond acceptors (Lipinski definition) is 15. The first-order chi connectivity index (χ1) is 22.6. The lowest BCUT2D eigenvalue weighted by Gasteiger charge is -2.14. The monoisotopic (exact) mass is 757 g/mol. The van der Waals surface area contributed by atoms with Gasteiger partial charge in [-0.15, -0.1) is 15.3 Å². The zero-order valence-electron chi connectivity index (χ0n) is 25.3. The van der Waals surface area contributed by atoms with Crippen molar-refractivity contribution in [3.8, 4) is 5.75 Å². The van der Waals surface area contributed by atoms with Crippen LogP contribution in [0.5, 0.6) is 5.75 Å². The van der Waals surface area contributed by atoms with Crippen molar-refractivity contribution < 1.29 is 56.6 Å². The third kappa shape index (κ3) is 9.82. The molecule has 0 heterocycles. The minimum atomic E-state index is -4.81. The predicted molar refractivity (Wildman–Crippen MR) is 176 cm³/mol. The molecule has 0 aliphatic carbocycles. The number of phenolic OH excluding ortho intramolecular Hbond substituents is 1. The molecular formula is C27H27N5O13S4. The van der Waals surface area contributed by atoms with Crippen molar-refractivity contribution >= 4 is 79.7 Å². The van der Waals surface area contributed by atoms with Gasteiger partial charge in [-0.25, -0.2) is 12.6 Å². The molecule has 49 heavy (non-hydrogen) atoms. The highest BCUT2D eigenvalue weighted by molar-refractivity contribution is 7.91. The molecule has 22 heteroatoms. The molecule has 5 N–H and O–H groups in total. The van der Waals surface area contributed by atoms with E-state index in [-0.39, 0.29) is 44.1 Å². The standard InChI is InChI=1S/C27H27N5O13S4/c1-16-3-10-24(48(39,40)41)23(13-16)30-32-26-21-14-17(2)25(27(33)20(21)8-9-22(26)28-15-47(36,37)38)31-29-18-4-6-19(7-5-18)46(34,35)12-11-45-49(42,43)44/h3-10,13-14,28,33H,11-12,15H2,1-2H3,(H,36,37,38)(H,39,40,41)(H,42,43,44). The van der Waals surface area contributed by atoms with Crippen LogP contribution >= 0.6 is 0 Å². The number of aromatic hydroxyl groups is 1. The van der Waals surface area contributed by atoms with Crippen LogP contribution in [0.2, 0.25) is 0 Å². The Morgan fingerprint density at radius 1 is 0.735 bits per heavy atom. The molecule has 0 spiro atoms. The van der Waals surface area contributed by atoms with Crippen LogP contribution in [-0.4, -0.2) is 70.7 Å². The van der Waals surface area contributed by atoms with Gasteiger partial charge in [0, 0.05) is 10.8 Å². The van der Waals surface area contributed by atoms with Crippen molar-refractivity contribution in [2.45, 2.75) is 23.6 Å². The highest BCUT2D eigenvalue weighted by Crippen LogP contribution is 2.45. The zero-order chi connectivity index (χ0) is 36.4. The molecular weight excluding hydrogens is 731 g/mol. The molecule has 4 aromatic rings. The Morgan fingerprint density at radius 2 is 1.39 bits per heavy atom. The maximum atomic E-state index is 12.4.